The van der Waals surface area contributed by atoms with Crippen molar-refractivity contribution in [3.05, 3.63) is 29.6 Å². The van der Waals surface area contributed by atoms with Gasteiger partial charge < -0.3 is 4.74 Å². The second kappa shape index (κ2) is 6.02. The number of nitrogens with zero attached hydrogens (tertiary/aromatic N) is 1. The van der Waals surface area contributed by atoms with E-state index in [2.05, 4.69) is 6.92 Å². The first kappa shape index (κ1) is 11.5. The van der Waals surface area contributed by atoms with Gasteiger partial charge in [-0.2, -0.15) is 5.26 Å². The molecule has 0 atom stereocenters. The van der Waals surface area contributed by atoms with Gasteiger partial charge in [-0.15, -0.1) is 0 Å². The lowest BCUT2D eigenvalue weighted by molar-refractivity contribution is 0.305. The third kappa shape index (κ3) is 3.59. The smallest absolute Gasteiger partial charge is 0.126 e. The summed E-state index contributed by atoms with van der Waals surface area (Å²) in [5, 5.41) is 8.59. The van der Waals surface area contributed by atoms with E-state index in [1.54, 1.807) is 6.07 Å². The minimum Gasteiger partial charge on any atom is -0.493 e. The Balaban J connectivity index is 2.73. The van der Waals surface area contributed by atoms with Gasteiger partial charge in [0.05, 0.1) is 19.1 Å². The van der Waals surface area contributed by atoms with E-state index in [4.69, 9.17) is 10.00 Å². The Morgan fingerprint density at radius 2 is 2.27 bits per heavy atom. The summed E-state index contributed by atoms with van der Waals surface area (Å²) in [5.74, 6) is 0.160. The Morgan fingerprint density at radius 3 is 2.93 bits per heavy atom. The first-order valence-corrected chi connectivity index (χ1v) is 5.06. The van der Waals surface area contributed by atoms with Gasteiger partial charge in [-0.3, -0.25) is 0 Å². The van der Waals surface area contributed by atoms with Gasteiger partial charge in [0.25, 0.3) is 0 Å². The van der Waals surface area contributed by atoms with Crippen LogP contribution in [0.3, 0.4) is 0 Å². The molecule has 1 aromatic rings. The standard InChI is InChI=1S/C12H14FNO/c1-2-3-8-15-12-9-11(13)5-4-10(12)6-7-14/h4-5,9H,2-3,6,8H2,1H3. The molecule has 1 aromatic carbocycles. The van der Waals surface area contributed by atoms with Crippen molar-refractivity contribution in [1.82, 2.24) is 0 Å². The van der Waals surface area contributed by atoms with Gasteiger partial charge in [0, 0.05) is 11.6 Å². The Bertz CT molecular complexity index is 357. The van der Waals surface area contributed by atoms with Crippen molar-refractivity contribution in [2.24, 2.45) is 0 Å². The minimum absolute atomic E-state index is 0.252. The van der Waals surface area contributed by atoms with Gasteiger partial charge in [-0.1, -0.05) is 19.4 Å². The van der Waals surface area contributed by atoms with Crippen molar-refractivity contribution in [3.8, 4) is 11.8 Å². The summed E-state index contributed by atoms with van der Waals surface area (Å²) < 4.78 is 18.4. The largest absolute Gasteiger partial charge is 0.493 e. The van der Waals surface area contributed by atoms with E-state index in [1.165, 1.54) is 12.1 Å². The molecule has 1 rings (SSSR count). The fourth-order valence-electron chi connectivity index (χ4n) is 1.22. The second-order valence-corrected chi connectivity index (χ2v) is 3.29. The third-order valence-electron chi connectivity index (χ3n) is 2.05. The summed E-state index contributed by atoms with van der Waals surface area (Å²) in [5.41, 5.74) is 0.745. The van der Waals surface area contributed by atoms with Crippen LogP contribution < -0.4 is 4.74 Å². The molecule has 0 aliphatic rings. The van der Waals surface area contributed by atoms with E-state index in [9.17, 15) is 4.39 Å². The molecule has 0 aromatic heterocycles. The summed E-state index contributed by atoms with van der Waals surface area (Å²) in [6, 6.07) is 6.31. The van der Waals surface area contributed by atoms with Gasteiger partial charge in [0.2, 0.25) is 0 Å². The topological polar surface area (TPSA) is 33.0 Å². The van der Waals surface area contributed by atoms with Crippen molar-refractivity contribution < 1.29 is 9.13 Å². The van der Waals surface area contributed by atoms with Gasteiger partial charge in [0.15, 0.2) is 0 Å². The number of benzene rings is 1. The normalized spacial score (nSPS) is 9.67. The molecule has 0 radical (unpaired) electrons. The average molecular weight is 207 g/mol. The highest BCUT2D eigenvalue weighted by molar-refractivity contribution is 5.35. The Hall–Kier alpha value is -1.56. The van der Waals surface area contributed by atoms with Crippen LogP contribution in [0.1, 0.15) is 25.3 Å². The summed E-state index contributed by atoms with van der Waals surface area (Å²) in [6.45, 7) is 2.63. The quantitative estimate of drug-likeness (QED) is 0.695. The zero-order valence-electron chi connectivity index (χ0n) is 8.79. The molecule has 0 N–H and O–H groups in total. The number of rotatable bonds is 5. The predicted molar refractivity (Wildman–Crippen MR) is 56.1 cm³/mol. The molecule has 0 aliphatic heterocycles. The summed E-state index contributed by atoms with van der Waals surface area (Å²) in [4.78, 5) is 0. The molecule has 15 heavy (non-hydrogen) atoms. The molecular weight excluding hydrogens is 193 g/mol. The average Bonchev–Trinajstić information content (AvgIpc) is 2.22. The van der Waals surface area contributed by atoms with E-state index in [-0.39, 0.29) is 12.2 Å². The van der Waals surface area contributed by atoms with Crippen molar-refractivity contribution in [3.63, 3.8) is 0 Å². The number of unbranched alkanes of at least 4 members (excludes halogenated alkanes) is 1. The highest BCUT2D eigenvalue weighted by Crippen LogP contribution is 2.20. The van der Waals surface area contributed by atoms with Crippen LogP contribution in [-0.4, -0.2) is 6.61 Å². The van der Waals surface area contributed by atoms with Crippen LogP contribution >= 0.6 is 0 Å². The molecule has 0 fully saturated rings. The Kier molecular flexibility index (Phi) is 4.62. The highest BCUT2D eigenvalue weighted by Gasteiger charge is 2.04. The molecule has 0 bridgehead atoms. The summed E-state index contributed by atoms with van der Waals surface area (Å²) in [6.07, 6.45) is 2.22. The second-order valence-electron chi connectivity index (χ2n) is 3.29. The monoisotopic (exact) mass is 207 g/mol. The van der Waals surface area contributed by atoms with Crippen LogP contribution in [0.25, 0.3) is 0 Å². The maximum Gasteiger partial charge on any atom is 0.126 e. The number of ether oxygens (including phenoxy) is 1. The number of hydrogen-bond acceptors (Lipinski definition) is 2. The zero-order chi connectivity index (χ0) is 11.1. The fourth-order valence-corrected chi connectivity index (χ4v) is 1.22. The molecule has 0 saturated heterocycles. The molecule has 0 saturated carbocycles. The maximum atomic E-state index is 12.9. The van der Waals surface area contributed by atoms with Crippen molar-refractivity contribution in [2.45, 2.75) is 26.2 Å². The van der Waals surface area contributed by atoms with Crippen LogP contribution in [0.4, 0.5) is 4.39 Å². The van der Waals surface area contributed by atoms with Gasteiger partial charge in [0.1, 0.15) is 11.6 Å². The molecule has 2 nitrogen and oxygen atoms in total. The van der Waals surface area contributed by atoms with E-state index in [0.29, 0.717) is 12.4 Å². The zero-order valence-corrected chi connectivity index (χ0v) is 8.79. The van der Waals surface area contributed by atoms with E-state index < -0.39 is 0 Å². The van der Waals surface area contributed by atoms with E-state index in [1.807, 2.05) is 6.07 Å². The van der Waals surface area contributed by atoms with E-state index in [0.717, 1.165) is 18.4 Å². The first-order chi connectivity index (χ1) is 7.27. The van der Waals surface area contributed by atoms with Crippen molar-refractivity contribution >= 4 is 0 Å². The molecule has 0 heterocycles. The van der Waals surface area contributed by atoms with Crippen LogP contribution in [0.2, 0.25) is 0 Å². The Morgan fingerprint density at radius 1 is 1.47 bits per heavy atom. The Labute approximate surface area is 89.3 Å². The van der Waals surface area contributed by atoms with Crippen LogP contribution in [-0.2, 0) is 6.42 Å². The van der Waals surface area contributed by atoms with Gasteiger partial charge in [-0.25, -0.2) is 4.39 Å². The van der Waals surface area contributed by atoms with Crippen LogP contribution in [0.15, 0.2) is 18.2 Å². The highest BCUT2D eigenvalue weighted by atomic mass is 19.1. The third-order valence-corrected chi connectivity index (χ3v) is 2.05. The minimum atomic E-state index is -0.330. The first-order valence-electron chi connectivity index (χ1n) is 5.06. The maximum absolute atomic E-state index is 12.9. The van der Waals surface area contributed by atoms with Crippen molar-refractivity contribution in [1.29, 1.82) is 5.26 Å². The summed E-state index contributed by atoms with van der Waals surface area (Å²) in [7, 11) is 0. The van der Waals surface area contributed by atoms with Gasteiger partial charge in [-0.05, 0) is 12.5 Å². The molecule has 0 amide bonds. The molecule has 0 unspecified atom stereocenters. The number of halogens is 1. The summed E-state index contributed by atoms with van der Waals surface area (Å²) >= 11 is 0. The number of hydrogen-bond donors (Lipinski definition) is 0. The lowest BCUT2D eigenvalue weighted by Gasteiger charge is -2.09. The SMILES string of the molecule is CCCCOc1cc(F)ccc1CC#N. The van der Waals surface area contributed by atoms with E-state index >= 15 is 0 Å². The van der Waals surface area contributed by atoms with Crippen molar-refractivity contribution in [2.75, 3.05) is 6.61 Å². The fraction of sp³-hybridized carbons (Fsp3) is 0.417. The predicted octanol–water partition coefficient (Wildman–Crippen LogP) is 3.07. The lowest BCUT2D eigenvalue weighted by Crippen LogP contribution is -2.00. The van der Waals surface area contributed by atoms with Crippen LogP contribution in [0, 0.1) is 17.1 Å². The number of nitriles is 1. The molecule has 80 valence electrons. The molecule has 3 heteroatoms. The van der Waals surface area contributed by atoms with Crippen LogP contribution in [0.5, 0.6) is 5.75 Å². The lowest BCUT2D eigenvalue weighted by atomic mass is 10.1. The molecule has 0 spiro atoms. The molecular formula is C12H14FNO. The van der Waals surface area contributed by atoms with Gasteiger partial charge >= 0.3 is 0 Å². The molecule has 0 aliphatic carbocycles.